The van der Waals surface area contributed by atoms with E-state index in [9.17, 15) is 10.1 Å². The van der Waals surface area contributed by atoms with Crippen LogP contribution in [0.3, 0.4) is 0 Å². The molecule has 0 N–H and O–H groups in total. The van der Waals surface area contributed by atoms with E-state index in [-0.39, 0.29) is 5.69 Å². The van der Waals surface area contributed by atoms with E-state index in [1.54, 1.807) is 24.4 Å². The summed E-state index contributed by atoms with van der Waals surface area (Å²) in [7, 11) is 0. The molecule has 1 saturated heterocycles. The molecule has 0 amide bonds. The minimum absolute atomic E-state index is 0.0283. The third-order valence-corrected chi connectivity index (χ3v) is 4.33. The molecule has 0 bridgehead atoms. The number of rotatable bonds is 3. The zero-order valence-electron chi connectivity index (χ0n) is 14.1. The summed E-state index contributed by atoms with van der Waals surface area (Å²) in [4.78, 5) is 18.9. The second-order valence-electron chi connectivity index (χ2n) is 5.78. The second-order valence-corrected chi connectivity index (χ2v) is 6.22. The number of nitro groups is 1. The average molecular weight is 369 g/mol. The van der Waals surface area contributed by atoms with E-state index >= 15 is 0 Å². The van der Waals surface area contributed by atoms with Crippen molar-refractivity contribution in [2.45, 2.75) is 0 Å². The first kappa shape index (κ1) is 17.8. The molecule has 1 aromatic heterocycles. The van der Waals surface area contributed by atoms with E-state index in [1.807, 2.05) is 17.0 Å². The Morgan fingerprint density at radius 3 is 2.69 bits per heavy atom. The van der Waals surface area contributed by atoms with Gasteiger partial charge >= 0.3 is 5.69 Å². The van der Waals surface area contributed by atoms with Crippen LogP contribution >= 0.6 is 11.6 Å². The van der Waals surface area contributed by atoms with Crippen molar-refractivity contribution in [2.24, 2.45) is 0 Å². The van der Waals surface area contributed by atoms with Crippen molar-refractivity contribution in [3.63, 3.8) is 0 Å². The quantitative estimate of drug-likeness (QED) is 0.472. The Kier molecular flexibility index (Phi) is 5.40. The predicted octanol–water partition coefficient (Wildman–Crippen LogP) is 3.33. The fraction of sp³-hybridized carbons (Fsp3) is 0.211. The molecular weight excluding hydrogens is 352 g/mol. The van der Waals surface area contributed by atoms with Crippen LogP contribution in [0, 0.1) is 22.0 Å². The molecule has 1 aliphatic rings. The number of aromatic nitrogens is 1. The maximum Gasteiger partial charge on any atom is 0.311 e. The molecule has 0 radical (unpaired) electrons. The van der Waals surface area contributed by atoms with Crippen LogP contribution in [0.15, 0.2) is 54.9 Å². The highest BCUT2D eigenvalue weighted by molar-refractivity contribution is 6.30. The summed E-state index contributed by atoms with van der Waals surface area (Å²) in [5, 5.41) is 11.8. The third kappa shape index (κ3) is 4.13. The highest BCUT2D eigenvalue weighted by atomic mass is 35.5. The summed E-state index contributed by atoms with van der Waals surface area (Å²) in [6, 6.07) is 10.4. The number of pyridine rings is 1. The number of hydrogen-bond donors (Lipinski definition) is 0. The molecule has 6 nitrogen and oxygen atoms in total. The fourth-order valence-corrected chi connectivity index (χ4v) is 2.94. The summed E-state index contributed by atoms with van der Waals surface area (Å²) < 4.78 is 0. The van der Waals surface area contributed by atoms with Gasteiger partial charge in [0.05, 0.1) is 10.6 Å². The van der Waals surface area contributed by atoms with E-state index < -0.39 is 4.92 Å². The van der Waals surface area contributed by atoms with Gasteiger partial charge in [-0.1, -0.05) is 30.2 Å². The van der Waals surface area contributed by atoms with Crippen LogP contribution in [0.4, 0.5) is 11.5 Å². The number of nitrogens with zero attached hydrogens (tertiary/aromatic N) is 4. The fourth-order valence-electron chi connectivity index (χ4n) is 2.75. The Labute approximate surface area is 156 Å². The lowest BCUT2D eigenvalue weighted by atomic mass is 10.2. The second kappa shape index (κ2) is 7.89. The first-order valence-corrected chi connectivity index (χ1v) is 8.48. The number of benzene rings is 1. The van der Waals surface area contributed by atoms with Gasteiger partial charge in [-0.05, 0) is 30.2 Å². The molecule has 0 spiro atoms. The van der Waals surface area contributed by atoms with Crippen LogP contribution < -0.4 is 4.90 Å². The van der Waals surface area contributed by atoms with E-state index in [0.29, 0.717) is 37.0 Å². The van der Waals surface area contributed by atoms with Crippen molar-refractivity contribution in [3.05, 3.63) is 75.6 Å². The van der Waals surface area contributed by atoms with Gasteiger partial charge in [-0.15, -0.1) is 0 Å². The summed E-state index contributed by atoms with van der Waals surface area (Å²) in [6.07, 6.45) is 1.57. The highest BCUT2D eigenvalue weighted by Crippen LogP contribution is 2.26. The normalized spacial score (nSPS) is 13.7. The molecule has 2 heterocycles. The van der Waals surface area contributed by atoms with E-state index in [0.717, 1.165) is 11.3 Å². The highest BCUT2D eigenvalue weighted by Gasteiger charge is 2.24. The Morgan fingerprint density at radius 1 is 1.23 bits per heavy atom. The summed E-state index contributed by atoms with van der Waals surface area (Å²) >= 11 is 5.96. The zero-order chi connectivity index (χ0) is 18.5. The molecule has 132 valence electrons. The average Bonchev–Trinajstić information content (AvgIpc) is 2.66. The standard InChI is InChI=1S/C19H17ClN4O2/c1-15(7-8-16-4-2-5-17(20)14-16)22-10-12-23(13-11-22)19-18(24(25)26)6-3-9-21-19/h2-6,9,14H,1,10-13H2. The molecule has 0 aliphatic carbocycles. The van der Waals surface area contributed by atoms with E-state index in [4.69, 9.17) is 11.6 Å². The molecule has 7 heteroatoms. The monoisotopic (exact) mass is 368 g/mol. The van der Waals surface area contributed by atoms with Crippen molar-refractivity contribution >= 4 is 23.1 Å². The maximum atomic E-state index is 11.2. The molecule has 0 saturated carbocycles. The lowest BCUT2D eigenvalue weighted by Crippen LogP contribution is -2.46. The van der Waals surface area contributed by atoms with Crippen molar-refractivity contribution in [1.82, 2.24) is 9.88 Å². The Morgan fingerprint density at radius 2 is 2.00 bits per heavy atom. The first-order chi connectivity index (χ1) is 12.5. The smallest absolute Gasteiger partial charge is 0.311 e. The van der Waals surface area contributed by atoms with Crippen LogP contribution in [0.5, 0.6) is 0 Å². The third-order valence-electron chi connectivity index (χ3n) is 4.10. The van der Waals surface area contributed by atoms with Crippen LogP contribution in [-0.4, -0.2) is 41.0 Å². The molecule has 1 aromatic carbocycles. The molecule has 0 unspecified atom stereocenters. The minimum atomic E-state index is -0.399. The molecule has 1 aliphatic heterocycles. The van der Waals surface area contributed by atoms with Crippen molar-refractivity contribution in [3.8, 4) is 11.8 Å². The zero-order valence-corrected chi connectivity index (χ0v) is 14.8. The van der Waals surface area contributed by atoms with Crippen LogP contribution in [-0.2, 0) is 0 Å². The number of hydrogen-bond acceptors (Lipinski definition) is 5. The van der Waals surface area contributed by atoms with Gasteiger partial charge in [0, 0.05) is 49.0 Å². The largest absolute Gasteiger partial charge is 0.362 e. The van der Waals surface area contributed by atoms with Gasteiger partial charge in [-0.3, -0.25) is 10.1 Å². The Balaban J connectivity index is 1.64. The van der Waals surface area contributed by atoms with Gasteiger partial charge in [0.25, 0.3) is 0 Å². The molecule has 26 heavy (non-hydrogen) atoms. The lowest BCUT2D eigenvalue weighted by molar-refractivity contribution is -0.384. The molecule has 2 aromatic rings. The number of piperazine rings is 1. The number of halogens is 1. The molecular formula is C19H17ClN4O2. The van der Waals surface area contributed by atoms with Gasteiger partial charge in [-0.25, -0.2) is 4.98 Å². The maximum absolute atomic E-state index is 11.2. The number of allylic oxidation sites excluding steroid dienone is 1. The van der Waals surface area contributed by atoms with Crippen molar-refractivity contribution in [2.75, 3.05) is 31.1 Å². The predicted molar refractivity (Wildman–Crippen MR) is 102 cm³/mol. The molecule has 1 fully saturated rings. The Bertz CT molecular complexity index is 896. The molecule has 3 rings (SSSR count). The van der Waals surface area contributed by atoms with Crippen molar-refractivity contribution in [1.29, 1.82) is 0 Å². The van der Waals surface area contributed by atoms with Gasteiger partial charge in [0.2, 0.25) is 5.82 Å². The van der Waals surface area contributed by atoms with E-state index in [2.05, 4.69) is 28.3 Å². The summed E-state index contributed by atoms with van der Waals surface area (Å²) in [6.45, 7) is 6.63. The van der Waals surface area contributed by atoms with Crippen molar-refractivity contribution < 1.29 is 4.92 Å². The van der Waals surface area contributed by atoms with E-state index in [1.165, 1.54) is 6.07 Å². The van der Waals surface area contributed by atoms with Gasteiger partial charge < -0.3 is 9.80 Å². The summed E-state index contributed by atoms with van der Waals surface area (Å²) in [5.74, 6) is 6.53. The van der Waals surface area contributed by atoms with Crippen LogP contribution in [0.1, 0.15) is 5.56 Å². The van der Waals surface area contributed by atoms with Gasteiger partial charge in [0.1, 0.15) is 0 Å². The molecule has 0 atom stereocenters. The lowest BCUT2D eigenvalue weighted by Gasteiger charge is -2.35. The number of anilines is 1. The van der Waals surface area contributed by atoms with Gasteiger partial charge in [-0.2, -0.15) is 0 Å². The SMILES string of the molecule is C=C(C#Cc1cccc(Cl)c1)N1CCN(c2ncccc2[N+](=O)[O-])CC1. The first-order valence-electron chi connectivity index (χ1n) is 8.10. The summed E-state index contributed by atoms with van der Waals surface area (Å²) in [5.41, 5.74) is 1.59. The Hall–Kier alpha value is -3.04. The van der Waals surface area contributed by atoms with Gasteiger partial charge in [0.15, 0.2) is 0 Å². The topological polar surface area (TPSA) is 62.5 Å². The van der Waals surface area contributed by atoms with Crippen LogP contribution in [0.25, 0.3) is 0 Å². The minimum Gasteiger partial charge on any atom is -0.362 e. The van der Waals surface area contributed by atoms with Crippen LogP contribution in [0.2, 0.25) is 5.02 Å².